The number of aryl methyl sites for hydroxylation is 1. The van der Waals surface area contributed by atoms with Gasteiger partial charge in [-0.2, -0.15) is 9.47 Å². The molecule has 0 aliphatic heterocycles. The predicted molar refractivity (Wildman–Crippen MR) is 82.5 cm³/mol. The lowest BCUT2D eigenvalue weighted by Gasteiger charge is -2.07. The summed E-state index contributed by atoms with van der Waals surface area (Å²) in [5.41, 5.74) is 7.39. The van der Waals surface area contributed by atoms with E-state index in [0.29, 0.717) is 18.2 Å². The minimum Gasteiger partial charge on any atom is -0.382 e. The van der Waals surface area contributed by atoms with E-state index < -0.39 is 0 Å². The fraction of sp³-hybridized carbons (Fsp3) is 0.462. The Bertz CT molecular complexity index is 645. The van der Waals surface area contributed by atoms with Crippen LogP contribution in [0.25, 0.3) is 0 Å². The van der Waals surface area contributed by atoms with Crippen molar-refractivity contribution in [3.05, 3.63) is 23.5 Å². The van der Waals surface area contributed by atoms with Crippen molar-refractivity contribution in [2.75, 3.05) is 17.6 Å². The van der Waals surface area contributed by atoms with Gasteiger partial charge in [0.05, 0.1) is 12.7 Å². The van der Waals surface area contributed by atoms with Crippen LogP contribution < -0.4 is 16.4 Å². The number of amides is 1. The number of nitrogens with zero attached hydrogens (tertiary/aromatic N) is 3. The highest BCUT2D eigenvalue weighted by Crippen LogP contribution is 2.28. The Labute approximate surface area is 126 Å². The van der Waals surface area contributed by atoms with Crippen molar-refractivity contribution in [1.82, 2.24) is 19.5 Å². The van der Waals surface area contributed by atoms with Gasteiger partial charge in [-0.25, -0.2) is 0 Å². The lowest BCUT2D eigenvalue weighted by molar-refractivity contribution is 0.0953. The summed E-state index contributed by atoms with van der Waals surface area (Å²) in [5, 5.41) is 11.1. The van der Waals surface area contributed by atoms with Gasteiger partial charge >= 0.3 is 0 Å². The van der Waals surface area contributed by atoms with Crippen LogP contribution in [-0.2, 0) is 6.54 Å². The molecule has 1 fully saturated rings. The molecule has 0 saturated heterocycles. The molecule has 2 aromatic rings. The average molecular weight is 306 g/mol. The van der Waals surface area contributed by atoms with E-state index in [0.717, 1.165) is 30.0 Å². The Morgan fingerprint density at radius 2 is 2.38 bits per heavy atom. The van der Waals surface area contributed by atoms with Crippen LogP contribution >= 0.6 is 11.5 Å². The molecule has 0 spiro atoms. The van der Waals surface area contributed by atoms with Crippen molar-refractivity contribution < 1.29 is 4.79 Å². The van der Waals surface area contributed by atoms with E-state index in [1.807, 2.05) is 24.0 Å². The van der Waals surface area contributed by atoms with Gasteiger partial charge in [0.25, 0.3) is 5.91 Å². The van der Waals surface area contributed by atoms with Crippen LogP contribution in [0.2, 0.25) is 0 Å². The predicted octanol–water partition coefficient (Wildman–Crippen LogP) is 1.23. The summed E-state index contributed by atoms with van der Waals surface area (Å²) in [7, 11) is 0. The third-order valence-corrected chi connectivity index (χ3v) is 4.07. The molecule has 0 atom stereocenters. The van der Waals surface area contributed by atoms with Gasteiger partial charge in [0.15, 0.2) is 5.82 Å². The van der Waals surface area contributed by atoms with Gasteiger partial charge in [-0.05, 0) is 36.9 Å². The van der Waals surface area contributed by atoms with Crippen LogP contribution in [0.3, 0.4) is 0 Å². The van der Waals surface area contributed by atoms with Crippen LogP contribution in [0.15, 0.2) is 12.4 Å². The number of hydrogen-bond acceptors (Lipinski definition) is 6. The van der Waals surface area contributed by atoms with Gasteiger partial charge in [0.1, 0.15) is 10.6 Å². The molecule has 1 aliphatic rings. The van der Waals surface area contributed by atoms with E-state index in [9.17, 15) is 4.79 Å². The third-order valence-electron chi connectivity index (χ3n) is 3.25. The van der Waals surface area contributed by atoms with Crippen molar-refractivity contribution in [1.29, 1.82) is 0 Å². The van der Waals surface area contributed by atoms with E-state index >= 15 is 0 Å². The maximum absolute atomic E-state index is 12.2. The van der Waals surface area contributed by atoms with E-state index in [2.05, 4.69) is 20.1 Å². The van der Waals surface area contributed by atoms with Gasteiger partial charge in [-0.3, -0.25) is 9.48 Å². The van der Waals surface area contributed by atoms with Crippen molar-refractivity contribution in [2.24, 2.45) is 0 Å². The maximum atomic E-state index is 12.2. The van der Waals surface area contributed by atoms with Gasteiger partial charge in [-0.1, -0.05) is 0 Å². The number of rotatable bonds is 6. The Morgan fingerprint density at radius 1 is 1.57 bits per heavy atom. The van der Waals surface area contributed by atoms with Crippen molar-refractivity contribution in [3.8, 4) is 0 Å². The molecule has 8 heteroatoms. The molecular weight excluding hydrogens is 288 g/mol. The Balaban J connectivity index is 1.60. The van der Waals surface area contributed by atoms with Gasteiger partial charge in [0.2, 0.25) is 0 Å². The van der Waals surface area contributed by atoms with Crippen molar-refractivity contribution >= 4 is 28.3 Å². The summed E-state index contributed by atoms with van der Waals surface area (Å²) in [6, 6.07) is 0.302. The summed E-state index contributed by atoms with van der Waals surface area (Å²) < 4.78 is 5.93. The van der Waals surface area contributed by atoms with Crippen LogP contribution in [0.1, 0.15) is 28.8 Å². The Kier molecular flexibility index (Phi) is 3.78. The molecule has 2 aromatic heterocycles. The first-order valence-electron chi connectivity index (χ1n) is 6.92. The molecule has 1 amide bonds. The van der Waals surface area contributed by atoms with Crippen LogP contribution in [0, 0.1) is 6.92 Å². The van der Waals surface area contributed by atoms with Gasteiger partial charge in [-0.15, -0.1) is 0 Å². The van der Waals surface area contributed by atoms with E-state index in [-0.39, 0.29) is 11.7 Å². The quantitative estimate of drug-likeness (QED) is 0.746. The van der Waals surface area contributed by atoms with Crippen LogP contribution in [0.4, 0.5) is 10.8 Å². The smallest absolute Gasteiger partial charge is 0.258 e. The second kappa shape index (κ2) is 5.72. The molecule has 0 radical (unpaired) electrons. The maximum Gasteiger partial charge on any atom is 0.258 e. The summed E-state index contributed by atoms with van der Waals surface area (Å²) in [5.74, 6) is 0.150. The number of nitrogen functional groups attached to an aromatic ring is 1. The third kappa shape index (κ3) is 3.33. The topological polar surface area (TPSA) is 97.9 Å². The summed E-state index contributed by atoms with van der Waals surface area (Å²) in [6.07, 6.45) is 5.89. The molecule has 0 aromatic carbocycles. The zero-order valence-electron chi connectivity index (χ0n) is 11.8. The molecular formula is C13H18N6OS. The standard InChI is InChI=1S/C13H18N6OS/c1-8-6-16-19(7-8)5-4-15-13-10(11(14)18-21-13)12(20)17-9-2-3-9/h6-7,9,15H,2-5H2,1H3,(H2,14,18)(H,17,20). The molecule has 112 valence electrons. The minimum atomic E-state index is -0.138. The molecule has 1 saturated carbocycles. The molecule has 1 aliphatic carbocycles. The summed E-state index contributed by atoms with van der Waals surface area (Å²) in [6.45, 7) is 3.38. The fourth-order valence-electron chi connectivity index (χ4n) is 2.00. The summed E-state index contributed by atoms with van der Waals surface area (Å²) >= 11 is 1.22. The average Bonchev–Trinajstić information content (AvgIpc) is 3.03. The number of nitrogens with one attached hydrogen (secondary N) is 2. The van der Waals surface area contributed by atoms with Crippen LogP contribution in [0.5, 0.6) is 0 Å². The first-order chi connectivity index (χ1) is 10.1. The Morgan fingerprint density at radius 3 is 3.05 bits per heavy atom. The number of hydrogen-bond donors (Lipinski definition) is 3. The highest BCUT2D eigenvalue weighted by atomic mass is 32.1. The number of anilines is 2. The molecule has 2 heterocycles. The van der Waals surface area contributed by atoms with Crippen LogP contribution in [-0.4, -0.2) is 32.6 Å². The Hall–Kier alpha value is -2.09. The molecule has 3 rings (SSSR count). The minimum absolute atomic E-state index is 0.138. The van der Waals surface area contributed by atoms with Crippen molar-refractivity contribution in [2.45, 2.75) is 32.4 Å². The summed E-state index contributed by atoms with van der Waals surface area (Å²) in [4.78, 5) is 12.2. The monoisotopic (exact) mass is 306 g/mol. The molecule has 0 unspecified atom stereocenters. The lowest BCUT2D eigenvalue weighted by Crippen LogP contribution is -2.26. The molecule has 4 N–H and O–H groups in total. The highest BCUT2D eigenvalue weighted by Gasteiger charge is 2.27. The molecule has 21 heavy (non-hydrogen) atoms. The van der Waals surface area contributed by atoms with E-state index in [1.54, 1.807) is 0 Å². The SMILES string of the molecule is Cc1cnn(CCNc2snc(N)c2C(=O)NC2CC2)c1. The van der Waals surface area contributed by atoms with Crippen molar-refractivity contribution in [3.63, 3.8) is 0 Å². The van der Waals surface area contributed by atoms with E-state index in [4.69, 9.17) is 5.73 Å². The molecule has 0 bridgehead atoms. The van der Waals surface area contributed by atoms with Gasteiger partial charge < -0.3 is 16.4 Å². The fourth-order valence-corrected chi connectivity index (χ4v) is 2.74. The van der Waals surface area contributed by atoms with E-state index in [1.165, 1.54) is 11.5 Å². The zero-order valence-corrected chi connectivity index (χ0v) is 12.6. The largest absolute Gasteiger partial charge is 0.382 e. The lowest BCUT2D eigenvalue weighted by atomic mass is 10.3. The number of nitrogens with two attached hydrogens (primary N) is 1. The zero-order chi connectivity index (χ0) is 14.8. The second-order valence-electron chi connectivity index (χ2n) is 5.23. The number of carbonyl (C=O) groups is 1. The number of aromatic nitrogens is 3. The highest BCUT2D eigenvalue weighted by molar-refractivity contribution is 7.11. The van der Waals surface area contributed by atoms with Gasteiger partial charge in [0, 0.05) is 18.8 Å². The normalized spacial score (nSPS) is 14.1. The first kappa shape index (κ1) is 13.9. The second-order valence-corrected chi connectivity index (χ2v) is 6.00. The number of carbonyl (C=O) groups excluding carboxylic acids is 1. The molecule has 7 nitrogen and oxygen atoms in total. The first-order valence-corrected chi connectivity index (χ1v) is 7.70.